The highest BCUT2D eigenvalue weighted by Crippen LogP contribution is 2.39. The van der Waals surface area contributed by atoms with Crippen molar-refractivity contribution in [2.75, 3.05) is 23.3 Å². The lowest BCUT2D eigenvalue weighted by Crippen LogP contribution is -2.49. The Balaban J connectivity index is 1.43. The summed E-state index contributed by atoms with van der Waals surface area (Å²) in [5, 5.41) is 7.09. The van der Waals surface area contributed by atoms with Gasteiger partial charge in [-0.25, -0.2) is 4.98 Å². The van der Waals surface area contributed by atoms with Crippen LogP contribution in [0.1, 0.15) is 12.8 Å². The van der Waals surface area contributed by atoms with Crippen LogP contribution in [0.2, 0.25) is 10.0 Å². The number of nitrogens with zero attached hydrogens (tertiary/aromatic N) is 3. The van der Waals surface area contributed by atoms with E-state index in [1.54, 1.807) is 18.5 Å². The van der Waals surface area contributed by atoms with E-state index < -0.39 is 12.1 Å². The predicted molar refractivity (Wildman–Crippen MR) is 136 cm³/mol. The maximum atomic E-state index is 12.4. The molecule has 3 aromatic rings. The number of aromatic nitrogens is 2. The number of halogens is 5. The highest BCUT2D eigenvalue weighted by molar-refractivity contribution is 7.80. The van der Waals surface area contributed by atoms with Crippen LogP contribution in [0.5, 0.6) is 17.2 Å². The van der Waals surface area contributed by atoms with E-state index >= 15 is 0 Å². The SMILES string of the molecule is FC(F)(F)Oc1ccc(Oc2ccnc(N3CCC[C@H](NC(=S)Nc4cccnc4)C3)c2Cl)c(Cl)c1. The molecule has 0 spiro atoms. The number of pyridine rings is 2. The molecule has 2 N–H and O–H groups in total. The Kier molecular flexibility index (Phi) is 8.22. The van der Waals surface area contributed by atoms with Crippen LogP contribution in [-0.2, 0) is 0 Å². The Hall–Kier alpha value is -3.02. The van der Waals surface area contributed by atoms with Crippen molar-refractivity contribution in [1.82, 2.24) is 15.3 Å². The highest BCUT2D eigenvalue weighted by atomic mass is 35.5. The maximum Gasteiger partial charge on any atom is 0.573 e. The van der Waals surface area contributed by atoms with Gasteiger partial charge in [-0.3, -0.25) is 4.98 Å². The fourth-order valence-electron chi connectivity index (χ4n) is 3.67. The number of nitrogens with one attached hydrogen (secondary N) is 2. The van der Waals surface area contributed by atoms with Crippen LogP contribution in [0.4, 0.5) is 24.7 Å². The number of ether oxygens (including phenoxy) is 2. The number of piperidine rings is 1. The third-order valence-electron chi connectivity index (χ3n) is 5.17. The second-order valence-corrected chi connectivity index (χ2v) is 9.01. The fourth-order valence-corrected chi connectivity index (χ4v) is 4.43. The van der Waals surface area contributed by atoms with E-state index in [-0.39, 0.29) is 27.6 Å². The van der Waals surface area contributed by atoms with E-state index in [0.717, 1.165) is 37.2 Å². The van der Waals surface area contributed by atoms with Crippen molar-refractivity contribution in [2.45, 2.75) is 25.2 Å². The fraction of sp³-hybridized carbons (Fsp3) is 0.261. The maximum absolute atomic E-state index is 12.4. The second-order valence-electron chi connectivity index (χ2n) is 7.81. The summed E-state index contributed by atoms with van der Waals surface area (Å²) < 4.78 is 47.0. The molecule has 0 unspecified atom stereocenters. The lowest BCUT2D eigenvalue weighted by molar-refractivity contribution is -0.274. The molecule has 4 rings (SSSR count). The van der Waals surface area contributed by atoms with Crippen molar-refractivity contribution in [1.29, 1.82) is 0 Å². The Morgan fingerprint density at radius 1 is 1.14 bits per heavy atom. The van der Waals surface area contributed by atoms with Crippen LogP contribution in [-0.4, -0.2) is 40.6 Å². The number of anilines is 2. The van der Waals surface area contributed by atoms with Gasteiger partial charge in [0.15, 0.2) is 16.7 Å². The van der Waals surface area contributed by atoms with Crippen LogP contribution in [0.15, 0.2) is 55.0 Å². The summed E-state index contributed by atoms with van der Waals surface area (Å²) in [4.78, 5) is 10.5. The van der Waals surface area contributed by atoms with Crippen molar-refractivity contribution in [3.8, 4) is 17.2 Å². The number of hydrogen-bond donors (Lipinski definition) is 2. The first kappa shape index (κ1) is 26.1. The second kappa shape index (κ2) is 11.4. The molecule has 1 aliphatic heterocycles. The molecule has 0 saturated carbocycles. The van der Waals surface area contributed by atoms with Crippen molar-refractivity contribution in [3.05, 3.63) is 65.0 Å². The molecule has 1 fully saturated rings. The molecule has 1 saturated heterocycles. The van der Waals surface area contributed by atoms with E-state index in [0.29, 0.717) is 17.5 Å². The normalized spacial score (nSPS) is 15.8. The van der Waals surface area contributed by atoms with Gasteiger partial charge in [-0.2, -0.15) is 0 Å². The number of rotatable bonds is 6. The minimum atomic E-state index is -4.82. The molecule has 1 aromatic carbocycles. The van der Waals surface area contributed by atoms with Gasteiger partial charge in [-0.05, 0) is 49.3 Å². The molecule has 1 atom stereocenters. The van der Waals surface area contributed by atoms with E-state index in [4.69, 9.17) is 40.2 Å². The molecule has 1 aliphatic rings. The zero-order chi connectivity index (χ0) is 25.7. The average molecular weight is 558 g/mol. The van der Waals surface area contributed by atoms with Gasteiger partial charge in [-0.1, -0.05) is 23.2 Å². The van der Waals surface area contributed by atoms with Crippen LogP contribution >= 0.6 is 35.4 Å². The molecule has 0 bridgehead atoms. The molecule has 2 aromatic heterocycles. The Bertz CT molecular complexity index is 1220. The molecule has 13 heteroatoms. The van der Waals surface area contributed by atoms with E-state index in [9.17, 15) is 13.2 Å². The smallest absolute Gasteiger partial charge is 0.454 e. The number of hydrogen-bond acceptors (Lipinski definition) is 6. The van der Waals surface area contributed by atoms with Crippen molar-refractivity contribution < 1.29 is 22.6 Å². The van der Waals surface area contributed by atoms with Crippen LogP contribution in [0.3, 0.4) is 0 Å². The summed E-state index contributed by atoms with van der Waals surface area (Å²) in [6, 6.07) is 8.68. The summed E-state index contributed by atoms with van der Waals surface area (Å²) >= 11 is 18.1. The van der Waals surface area contributed by atoms with E-state index in [1.807, 2.05) is 17.0 Å². The Morgan fingerprint density at radius 2 is 1.97 bits per heavy atom. The number of thiocarbonyl (C=S) groups is 1. The molecule has 3 heterocycles. The highest BCUT2D eigenvalue weighted by Gasteiger charge is 2.31. The quantitative estimate of drug-likeness (QED) is 0.336. The molecule has 0 aliphatic carbocycles. The van der Waals surface area contributed by atoms with E-state index in [2.05, 4.69) is 25.3 Å². The lowest BCUT2D eigenvalue weighted by Gasteiger charge is -2.35. The monoisotopic (exact) mass is 557 g/mol. The third kappa shape index (κ3) is 7.02. The van der Waals surface area contributed by atoms with Gasteiger partial charge >= 0.3 is 6.36 Å². The van der Waals surface area contributed by atoms with Crippen molar-refractivity contribution >= 4 is 52.0 Å². The first-order chi connectivity index (χ1) is 17.2. The molecule has 7 nitrogen and oxygen atoms in total. The zero-order valence-corrected chi connectivity index (χ0v) is 20.9. The number of benzene rings is 1. The van der Waals surface area contributed by atoms with Gasteiger partial charge in [0.2, 0.25) is 0 Å². The first-order valence-corrected chi connectivity index (χ1v) is 11.9. The minimum absolute atomic E-state index is 0.0495. The molecular formula is C23H20Cl2F3N5O2S. The average Bonchev–Trinajstić information content (AvgIpc) is 2.82. The zero-order valence-electron chi connectivity index (χ0n) is 18.6. The van der Waals surface area contributed by atoms with E-state index in [1.165, 1.54) is 12.3 Å². The molecule has 0 radical (unpaired) electrons. The van der Waals surface area contributed by atoms with Gasteiger partial charge < -0.3 is 25.0 Å². The topological polar surface area (TPSA) is 71.5 Å². The van der Waals surface area contributed by atoms with Crippen molar-refractivity contribution in [2.24, 2.45) is 0 Å². The minimum Gasteiger partial charge on any atom is -0.454 e. The third-order valence-corrected chi connectivity index (χ3v) is 6.04. The van der Waals surface area contributed by atoms with Gasteiger partial charge in [0.25, 0.3) is 0 Å². The summed E-state index contributed by atoms with van der Waals surface area (Å²) in [6.07, 6.45) is 1.86. The van der Waals surface area contributed by atoms with Gasteiger partial charge in [0.05, 0.1) is 16.9 Å². The van der Waals surface area contributed by atoms with Crippen LogP contribution in [0, 0.1) is 0 Å². The molecule has 190 valence electrons. The lowest BCUT2D eigenvalue weighted by atomic mass is 10.1. The number of alkyl halides is 3. The molecule has 36 heavy (non-hydrogen) atoms. The largest absolute Gasteiger partial charge is 0.573 e. The summed E-state index contributed by atoms with van der Waals surface area (Å²) in [7, 11) is 0. The van der Waals surface area contributed by atoms with Gasteiger partial charge in [-0.15, -0.1) is 13.2 Å². The summed E-state index contributed by atoms with van der Waals surface area (Å²) in [5.41, 5.74) is 0.786. The first-order valence-electron chi connectivity index (χ1n) is 10.8. The summed E-state index contributed by atoms with van der Waals surface area (Å²) in [5.74, 6) is 0.441. The standard InChI is InChI=1S/C23H20Cl2F3N5O2S/c24-17-11-16(35-23(26,27)28)5-6-18(17)34-19-7-9-30-21(20(19)25)33-10-2-4-15(13-33)32-22(36)31-14-3-1-8-29-12-14/h1,3,5-9,11-12,15H,2,4,10,13H2,(H2,31,32,36)/t15-/m0/s1. The Labute approximate surface area is 220 Å². The molecule has 0 amide bonds. The van der Waals surface area contributed by atoms with Crippen LogP contribution < -0.4 is 25.0 Å². The van der Waals surface area contributed by atoms with Gasteiger partial charge in [0, 0.05) is 43.7 Å². The van der Waals surface area contributed by atoms with Crippen LogP contribution in [0.25, 0.3) is 0 Å². The Morgan fingerprint density at radius 3 is 2.69 bits per heavy atom. The van der Waals surface area contributed by atoms with Gasteiger partial charge in [0.1, 0.15) is 16.5 Å². The molecular weight excluding hydrogens is 538 g/mol. The van der Waals surface area contributed by atoms with Crippen molar-refractivity contribution in [3.63, 3.8) is 0 Å². The summed E-state index contributed by atoms with van der Waals surface area (Å²) in [6.45, 7) is 1.32. The predicted octanol–water partition coefficient (Wildman–Crippen LogP) is 6.43.